The van der Waals surface area contributed by atoms with Crippen molar-refractivity contribution in [3.63, 3.8) is 0 Å². The molecule has 0 aromatic heterocycles. The zero-order chi connectivity index (χ0) is 21.6. The smallest absolute Gasteiger partial charge is 0.326 e. The zero-order valence-corrected chi connectivity index (χ0v) is 17.2. The molecule has 6 nitrogen and oxygen atoms in total. The Kier molecular flexibility index (Phi) is 10.1. The first kappa shape index (κ1) is 23.1. The van der Waals surface area contributed by atoms with Gasteiger partial charge in [-0.25, -0.2) is 9.18 Å². The second-order valence-corrected chi connectivity index (χ2v) is 6.93. The molecule has 0 spiro atoms. The summed E-state index contributed by atoms with van der Waals surface area (Å²) in [5.41, 5.74) is 1.77. The summed E-state index contributed by atoms with van der Waals surface area (Å²) < 4.78 is 12.8. The van der Waals surface area contributed by atoms with Crippen LogP contribution in [0.5, 0.6) is 0 Å². The van der Waals surface area contributed by atoms with Gasteiger partial charge >= 0.3 is 6.09 Å². The van der Waals surface area contributed by atoms with Crippen molar-refractivity contribution in [3.05, 3.63) is 59.9 Å². The van der Waals surface area contributed by atoms with E-state index < -0.39 is 6.09 Å². The van der Waals surface area contributed by atoms with E-state index in [0.29, 0.717) is 23.4 Å². The molecule has 2 aromatic rings. The number of carbonyl (C=O) groups excluding carboxylic acids is 2. The average Bonchev–Trinajstić information content (AvgIpc) is 2.73. The van der Waals surface area contributed by atoms with Crippen molar-refractivity contribution in [1.82, 2.24) is 0 Å². The van der Waals surface area contributed by atoms with Crippen LogP contribution in [0.15, 0.2) is 53.7 Å². The third kappa shape index (κ3) is 9.32. The highest BCUT2D eigenvalue weighted by Crippen LogP contribution is 2.15. The summed E-state index contributed by atoms with van der Waals surface area (Å²) in [6.07, 6.45) is 7.88. The number of halogens is 1. The molecule has 0 saturated heterocycles. The summed E-state index contributed by atoms with van der Waals surface area (Å²) >= 11 is 0. The minimum Gasteiger partial charge on any atom is -0.326 e. The molecule has 0 aliphatic carbocycles. The van der Waals surface area contributed by atoms with Crippen LogP contribution in [0.1, 0.15) is 57.4 Å². The fourth-order valence-corrected chi connectivity index (χ4v) is 2.75. The van der Waals surface area contributed by atoms with Crippen molar-refractivity contribution < 1.29 is 18.8 Å². The minimum atomic E-state index is -0.756. The second kappa shape index (κ2) is 13.1. The quantitative estimate of drug-likeness (QED) is 0.202. The number of hydrogen-bond donors (Lipinski definition) is 2. The molecule has 0 fully saturated rings. The Morgan fingerprint density at radius 1 is 0.900 bits per heavy atom. The van der Waals surface area contributed by atoms with Crippen LogP contribution in [0.3, 0.4) is 0 Å². The molecule has 2 amide bonds. The lowest BCUT2D eigenvalue weighted by atomic mass is 10.1. The number of amides is 2. The van der Waals surface area contributed by atoms with Crippen molar-refractivity contribution in [2.45, 2.75) is 51.9 Å². The fraction of sp³-hybridized carbons (Fsp3) is 0.348. The second-order valence-electron chi connectivity index (χ2n) is 6.93. The van der Waals surface area contributed by atoms with Gasteiger partial charge in [-0.2, -0.15) is 0 Å². The van der Waals surface area contributed by atoms with E-state index in [1.807, 2.05) is 0 Å². The van der Waals surface area contributed by atoms with Crippen LogP contribution in [-0.2, 0) is 9.63 Å². The van der Waals surface area contributed by atoms with Gasteiger partial charge in [-0.05, 0) is 48.4 Å². The topological polar surface area (TPSA) is 79.8 Å². The summed E-state index contributed by atoms with van der Waals surface area (Å²) in [6.45, 7) is 2.18. The van der Waals surface area contributed by atoms with E-state index in [2.05, 4.69) is 22.7 Å². The standard InChI is InChI=1S/C23H28FN3O3/c1-2-3-4-5-6-7-8-22(28)26-20-13-15-21(16-14-20)27-23(29)30-25-17-18-9-11-19(24)12-10-18/h9-17H,2-8H2,1H3,(H,26,28)(H,27,29). The number of carbonyl (C=O) groups is 2. The van der Waals surface area contributed by atoms with Gasteiger partial charge in [-0.15, -0.1) is 0 Å². The van der Waals surface area contributed by atoms with Crippen molar-refractivity contribution in [2.24, 2.45) is 5.16 Å². The number of nitrogens with one attached hydrogen (secondary N) is 2. The third-order valence-electron chi connectivity index (χ3n) is 4.38. The monoisotopic (exact) mass is 413 g/mol. The highest BCUT2D eigenvalue weighted by Gasteiger charge is 2.05. The minimum absolute atomic E-state index is 0.0132. The van der Waals surface area contributed by atoms with Crippen LogP contribution in [0, 0.1) is 5.82 Å². The number of anilines is 2. The number of hydrogen-bond acceptors (Lipinski definition) is 4. The zero-order valence-electron chi connectivity index (χ0n) is 17.2. The molecule has 30 heavy (non-hydrogen) atoms. The highest BCUT2D eigenvalue weighted by molar-refractivity contribution is 5.91. The molecule has 0 aliphatic heterocycles. The number of oxime groups is 1. The molecule has 0 saturated carbocycles. The Morgan fingerprint density at radius 2 is 1.50 bits per heavy atom. The van der Waals surface area contributed by atoms with Crippen LogP contribution in [0.2, 0.25) is 0 Å². The first-order valence-electron chi connectivity index (χ1n) is 10.2. The lowest BCUT2D eigenvalue weighted by Gasteiger charge is -2.07. The molecule has 0 heterocycles. The number of rotatable bonds is 11. The Hall–Kier alpha value is -3.22. The van der Waals surface area contributed by atoms with Crippen LogP contribution < -0.4 is 10.6 Å². The Balaban J connectivity index is 1.68. The Labute approximate surface area is 176 Å². The molecular formula is C23H28FN3O3. The first-order chi connectivity index (χ1) is 14.6. The molecule has 2 rings (SSSR count). The van der Waals surface area contributed by atoms with Crippen molar-refractivity contribution in [1.29, 1.82) is 0 Å². The SMILES string of the molecule is CCCCCCCCC(=O)Nc1ccc(NC(=O)ON=Cc2ccc(F)cc2)cc1. The maximum atomic E-state index is 12.8. The molecule has 0 radical (unpaired) electrons. The van der Waals surface area contributed by atoms with E-state index in [1.54, 1.807) is 24.3 Å². The number of nitrogens with zero attached hydrogens (tertiary/aromatic N) is 1. The highest BCUT2D eigenvalue weighted by atomic mass is 19.1. The first-order valence-corrected chi connectivity index (χ1v) is 10.2. The van der Waals surface area contributed by atoms with Gasteiger partial charge < -0.3 is 5.32 Å². The predicted molar refractivity (Wildman–Crippen MR) is 117 cm³/mol. The molecule has 0 unspecified atom stereocenters. The Morgan fingerprint density at radius 3 is 2.17 bits per heavy atom. The van der Waals surface area contributed by atoms with E-state index in [4.69, 9.17) is 4.84 Å². The molecule has 0 aliphatic rings. The van der Waals surface area contributed by atoms with Gasteiger partial charge in [0.25, 0.3) is 0 Å². The van der Waals surface area contributed by atoms with Crippen LogP contribution in [0.25, 0.3) is 0 Å². The average molecular weight is 413 g/mol. The van der Waals surface area contributed by atoms with E-state index in [-0.39, 0.29) is 11.7 Å². The van der Waals surface area contributed by atoms with Crippen molar-refractivity contribution in [2.75, 3.05) is 10.6 Å². The van der Waals surface area contributed by atoms with Gasteiger partial charge in [0.2, 0.25) is 5.91 Å². The Bertz CT molecular complexity index is 821. The molecule has 0 atom stereocenters. The van der Waals surface area contributed by atoms with Gasteiger partial charge in [0.1, 0.15) is 5.82 Å². The van der Waals surface area contributed by atoms with Crippen LogP contribution in [0.4, 0.5) is 20.6 Å². The third-order valence-corrected chi connectivity index (χ3v) is 4.38. The molecule has 7 heteroatoms. The summed E-state index contributed by atoms with van der Waals surface area (Å²) in [5.74, 6) is -0.367. The van der Waals surface area contributed by atoms with Gasteiger partial charge in [0.05, 0.1) is 6.21 Å². The molecule has 160 valence electrons. The number of unbranched alkanes of at least 4 members (excludes halogenated alkanes) is 5. The summed E-state index contributed by atoms with van der Waals surface area (Å²) in [4.78, 5) is 28.4. The summed E-state index contributed by atoms with van der Waals surface area (Å²) in [6, 6.07) is 12.3. The van der Waals surface area contributed by atoms with E-state index in [9.17, 15) is 14.0 Å². The lowest BCUT2D eigenvalue weighted by molar-refractivity contribution is -0.116. The van der Waals surface area contributed by atoms with Crippen molar-refractivity contribution >= 4 is 29.6 Å². The van der Waals surface area contributed by atoms with E-state index in [1.165, 1.54) is 56.2 Å². The fourth-order valence-electron chi connectivity index (χ4n) is 2.75. The van der Waals surface area contributed by atoms with Crippen LogP contribution >= 0.6 is 0 Å². The van der Waals surface area contributed by atoms with Crippen molar-refractivity contribution in [3.8, 4) is 0 Å². The van der Waals surface area contributed by atoms with Gasteiger partial charge in [-0.1, -0.05) is 56.3 Å². The molecule has 0 bridgehead atoms. The molecule has 2 aromatic carbocycles. The predicted octanol–water partition coefficient (Wildman–Crippen LogP) is 6.10. The molecule has 2 N–H and O–H groups in total. The number of benzene rings is 2. The van der Waals surface area contributed by atoms with Gasteiger partial charge in [-0.3, -0.25) is 14.9 Å². The maximum Gasteiger partial charge on any atom is 0.437 e. The van der Waals surface area contributed by atoms with Gasteiger partial charge in [0, 0.05) is 17.8 Å². The normalized spacial score (nSPS) is 10.7. The lowest BCUT2D eigenvalue weighted by Crippen LogP contribution is -2.12. The van der Waals surface area contributed by atoms with Gasteiger partial charge in [0.15, 0.2) is 0 Å². The van der Waals surface area contributed by atoms with E-state index in [0.717, 1.165) is 12.8 Å². The largest absolute Gasteiger partial charge is 0.437 e. The summed E-state index contributed by atoms with van der Waals surface area (Å²) in [5, 5.41) is 8.94. The van der Waals surface area contributed by atoms with E-state index >= 15 is 0 Å². The molecular weight excluding hydrogens is 385 g/mol. The van der Waals surface area contributed by atoms with Crippen LogP contribution in [-0.4, -0.2) is 18.2 Å². The summed E-state index contributed by atoms with van der Waals surface area (Å²) in [7, 11) is 0. The maximum absolute atomic E-state index is 12.8.